The molecule has 3 aliphatic heterocycles. The first-order chi connectivity index (χ1) is 14.0. The Bertz CT molecular complexity index is 771. The number of cyclic esters (lactones) is 1. The van der Waals surface area contributed by atoms with E-state index < -0.39 is 0 Å². The van der Waals surface area contributed by atoms with Crippen molar-refractivity contribution in [2.45, 2.75) is 38.6 Å². The molecule has 0 N–H and O–H groups in total. The third-order valence-electron chi connectivity index (χ3n) is 6.37. The lowest BCUT2D eigenvalue weighted by molar-refractivity contribution is -0.138. The van der Waals surface area contributed by atoms with Gasteiger partial charge in [-0.15, -0.1) is 0 Å². The topological polar surface area (TPSA) is 70.2 Å². The van der Waals surface area contributed by atoms with Crippen molar-refractivity contribution >= 4 is 17.9 Å². The van der Waals surface area contributed by atoms with Crippen molar-refractivity contribution in [3.8, 4) is 0 Å². The monoisotopic (exact) mass is 399 g/mol. The molecule has 0 saturated carbocycles. The van der Waals surface area contributed by atoms with E-state index in [2.05, 4.69) is 0 Å². The normalized spacial score (nSPS) is 23.3. The summed E-state index contributed by atoms with van der Waals surface area (Å²) in [6.45, 7) is 5.63. The van der Waals surface area contributed by atoms with Gasteiger partial charge in [-0.3, -0.25) is 9.59 Å². The minimum Gasteiger partial charge on any atom is -0.448 e. The molecular weight excluding hydrogens is 370 g/mol. The standard InChI is InChI=1S/C22H29N3O4/c1-16-4-6-17(7-5-16)20(26)24-10-2-3-18(15-24)21(27)23-11-8-19(9-12-23)25-13-14-29-22(25)28/h4-7,18-19H,2-3,8-15H2,1H3. The average molecular weight is 399 g/mol. The molecule has 0 spiro atoms. The maximum atomic E-state index is 13.1. The molecule has 0 radical (unpaired) electrons. The van der Waals surface area contributed by atoms with E-state index >= 15 is 0 Å². The molecule has 7 heteroatoms. The van der Waals surface area contributed by atoms with Crippen molar-refractivity contribution in [2.24, 2.45) is 5.92 Å². The Morgan fingerprint density at radius 2 is 1.69 bits per heavy atom. The van der Waals surface area contributed by atoms with Crippen LogP contribution in [0, 0.1) is 12.8 Å². The molecule has 0 aliphatic carbocycles. The molecule has 4 rings (SSSR count). The van der Waals surface area contributed by atoms with Gasteiger partial charge in [0.15, 0.2) is 0 Å². The van der Waals surface area contributed by atoms with E-state index in [4.69, 9.17) is 4.74 Å². The van der Waals surface area contributed by atoms with Gasteiger partial charge in [-0.25, -0.2) is 4.79 Å². The minimum absolute atomic E-state index is 0.00811. The van der Waals surface area contributed by atoms with Crippen LogP contribution in [0.15, 0.2) is 24.3 Å². The number of hydrogen-bond donors (Lipinski definition) is 0. The second kappa shape index (κ2) is 8.43. The SMILES string of the molecule is Cc1ccc(C(=O)N2CCCC(C(=O)N3CCC(N4CCOC4=O)CC3)C2)cc1. The summed E-state index contributed by atoms with van der Waals surface area (Å²) in [6.07, 6.45) is 3.03. The van der Waals surface area contributed by atoms with Crippen molar-refractivity contribution in [3.63, 3.8) is 0 Å². The molecule has 3 amide bonds. The van der Waals surface area contributed by atoms with Crippen molar-refractivity contribution in [1.29, 1.82) is 0 Å². The zero-order valence-electron chi connectivity index (χ0n) is 17.0. The van der Waals surface area contributed by atoms with Crippen LogP contribution in [0.3, 0.4) is 0 Å². The molecule has 0 bridgehead atoms. The number of likely N-dealkylation sites (tertiary alicyclic amines) is 2. The van der Waals surface area contributed by atoms with Gasteiger partial charge in [0.1, 0.15) is 6.61 Å². The lowest BCUT2D eigenvalue weighted by Gasteiger charge is -2.39. The van der Waals surface area contributed by atoms with Crippen LogP contribution in [-0.2, 0) is 9.53 Å². The minimum atomic E-state index is -0.229. The summed E-state index contributed by atoms with van der Waals surface area (Å²) in [4.78, 5) is 43.2. The van der Waals surface area contributed by atoms with E-state index in [1.54, 1.807) is 4.90 Å². The van der Waals surface area contributed by atoms with Crippen LogP contribution in [0.4, 0.5) is 4.79 Å². The molecule has 3 aliphatic rings. The summed E-state index contributed by atoms with van der Waals surface area (Å²) in [7, 11) is 0. The lowest BCUT2D eigenvalue weighted by atomic mass is 9.94. The fourth-order valence-corrected chi connectivity index (χ4v) is 4.64. The molecule has 7 nitrogen and oxygen atoms in total. The first kappa shape index (κ1) is 19.7. The van der Waals surface area contributed by atoms with Gasteiger partial charge < -0.3 is 19.4 Å². The second-order valence-corrected chi connectivity index (χ2v) is 8.32. The molecule has 0 aromatic heterocycles. The smallest absolute Gasteiger partial charge is 0.410 e. The summed E-state index contributed by atoms with van der Waals surface area (Å²) in [5, 5.41) is 0. The third kappa shape index (κ3) is 4.23. The number of ether oxygens (including phenoxy) is 1. The van der Waals surface area contributed by atoms with E-state index in [9.17, 15) is 14.4 Å². The van der Waals surface area contributed by atoms with E-state index in [1.165, 1.54) is 0 Å². The number of carbonyl (C=O) groups excluding carboxylic acids is 3. The molecule has 156 valence electrons. The molecule has 1 aromatic rings. The number of benzene rings is 1. The fourth-order valence-electron chi connectivity index (χ4n) is 4.64. The Labute approximate surface area is 171 Å². The summed E-state index contributed by atoms with van der Waals surface area (Å²) < 4.78 is 5.03. The highest BCUT2D eigenvalue weighted by Crippen LogP contribution is 2.25. The van der Waals surface area contributed by atoms with Gasteiger partial charge in [0.25, 0.3) is 5.91 Å². The van der Waals surface area contributed by atoms with E-state index in [0.29, 0.717) is 44.9 Å². The van der Waals surface area contributed by atoms with Gasteiger partial charge in [-0.05, 0) is 44.7 Å². The van der Waals surface area contributed by atoms with E-state index in [0.717, 1.165) is 31.2 Å². The zero-order chi connectivity index (χ0) is 20.4. The van der Waals surface area contributed by atoms with Gasteiger partial charge in [0, 0.05) is 37.8 Å². The summed E-state index contributed by atoms with van der Waals surface area (Å²) in [5.41, 5.74) is 1.81. The van der Waals surface area contributed by atoms with Gasteiger partial charge >= 0.3 is 6.09 Å². The van der Waals surface area contributed by atoms with Crippen LogP contribution in [0.25, 0.3) is 0 Å². The van der Waals surface area contributed by atoms with Crippen molar-refractivity contribution in [2.75, 3.05) is 39.3 Å². The summed E-state index contributed by atoms with van der Waals surface area (Å²) in [6, 6.07) is 7.77. The molecule has 3 fully saturated rings. The maximum absolute atomic E-state index is 13.1. The predicted octanol–water partition coefficient (Wildman–Crippen LogP) is 2.29. The lowest BCUT2D eigenvalue weighted by Crippen LogP contribution is -2.51. The quantitative estimate of drug-likeness (QED) is 0.782. The first-order valence-electron chi connectivity index (χ1n) is 10.6. The fraction of sp³-hybridized carbons (Fsp3) is 0.591. The predicted molar refractivity (Wildman–Crippen MR) is 107 cm³/mol. The Balaban J connectivity index is 1.32. The highest BCUT2D eigenvalue weighted by Gasteiger charge is 2.36. The molecule has 3 saturated heterocycles. The van der Waals surface area contributed by atoms with E-state index in [-0.39, 0.29) is 29.9 Å². The van der Waals surface area contributed by atoms with Gasteiger partial charge in [0.05, 0.1) is 12.5 Å². The van der Waals surface area contributed by atoms with Crippen molar-refractivity contribution in [3.05, 3.63) is 35.4 Å². The van der Waals surface area contributed by atoms with Gasteiger partial charge in [-0.1, -0.05) is 17.7 Å². The van der Waals surface area contributed by atoms with Crippen LogP contribution in [0.2, 0.25) is 0 Å². The third-order valence-corrected chi connectivity index (χ3v) is 6.37. The number of hydrogen-bond acceptors (Lipinski definition) is 4. The highest BCUT2D eigenvalue weighted by atomic mass is 16.6. The van der Waals surface area contributed by atoms with Crippen LogP contribution in [0.5, 0.6) is 0 Å². The van der Waals surface area contributed by atoms with E-state index in [1.807, 2.05) is 41.0 Å². The van der Waals surface area contributed by atoms with Gasteiger partial charge in [0.2, 0.25) is 5.91 Å². The first-order valence-corrected chi connectivity index (χ1v) is 10.6. The second-order valence-electron chi connectivity index (χ2n) is 8.32. The Hall–Kier alpha value is -2.57. The largest absolute Gasteiger partial charge is 0.448 e. The molecule has 1 atom stereocenters. The number of piperidine rings is 2. The van der Waals surface area contributed by atoms with Crippen molar-refractivity contribution in [1.82, 2.24) is 14.7 Å². The van der Waals surface area contributed by atoms with Crippen molar-refractivity contribution < 1.29 is 19.1 Å². The summed E-state index contributed by atoms with van der Waals surface area (Å²) >= 11 is 0. The number of carbonyl (C=O) groups is 3. The molecular formula is C22H29N3O4. The Morgan fingerprint density at radius 1 is 0.966 bits per heavy atom. The number of aryl methyl sites for hydroxylation is 1. The Morgan fingerprint density at radius 3 is 2.34 bits per heavy atom. The molecule has 1 unspecified atom stereocenters. The van der Waals surface area contributed by atoms with Crippen LogP contribution < -0.4 is 0 Å². The molecule has 1 aromatic carbocycles. The molecule has 29 heavy (non-hydrogen) atoms. The maximum Gasteiger partial charge on any atom is 0.410 e. The molecule has 3 heterocycles. The Kier molecular flexibility index (Phi) is 5.74. The van der Waals surface area contributed by atoms with Crippen LogP contribution in [-0.4, -0.2) is 78.0 Å². The average Bonchev–Trinajstić information content (AvgIpc) is 3.19. The number of nitrogens with zero attached hydrogens (tertiary/aromatic N) is 3. The number of amides is 3. The highest BCUT2D eigenvalue weighted by molar-refractivity contribution is 5.94. The summed E-state index contributed by atoms with van der Waals surface area (Å²) in [5.74, 6) is 0.0223. The van der Waals surface area contributed by atoms with Crippen LogP contribution in [0.1, 0.15) is 41.6 Å². The van der Waals surface area contributed by atoms with Gasteiger partial charge in [-0.2, -0.15) is 0 Å². The zero-order valence-corrected chi connectivity index (χ0v) is 17.0. The van der Waals surface area contributed by atoms with Crippen LogP contribution >= 0.6 is 0 Å². The number of rotatable bonds is 3.